The number of hydrogen-bond acceptors (Lipinski definition) is 5. The van der Waals surface area contributed by atoms with E-state index in [0.29, 0.717) is 69.1 Å². The number of piperazine rings is 1. The van der Waals surface area contributed by atoms with E-state index >= 15 is 0 Å². The van der Waals surface area contributed by atoms with Crippen LogP contribution in [0, 0.1) is 5.92 Å². The average Bonchev–Trinajstić information content (AvgIpc) is 3.68. The Hall–Kier alpha value is -1.98. The summed E-state index contributed by atoms with van der Waals surface area (Å²) in [5, 5.41) is 2.83. The second-order valence-corrected chi connectivity index (χ2v) is 12.5. The highest BCUT2D eigenvalue weighted by molar-refractivity contribution is 7.93. The van der Waals surface area contributed by atoms with Crippen molar-refractivity contribution in [2.75, 3.05) is 37.4 Å². The smallest absolute Gasteiger partial charge is 0.248 e. The van der Waals surface area contributed by atoms with Crippen molar-refractivity contribution in [2.45, 2.75) is 62.7 Å². The number of halogens is 3. The molecule has 2 saturated carbocycles. The van der Waals surface area contributed by atoms with Crippen LogP contribution >= 0.6 is 11.6 Å². The van der Waals surface area contributed by atoms with Crippen molar-refractivity contribution in [1.82, 2.24) is 15.1 Å². The lowest BCUT2D eigenvalue weighted by Crippen LogP contribution is -2.51. The summed E-state index contributed by atoms with van der Waals surface area (Å²) in [6.45, 7) is 2.53. The molecule has 200 valence electrons. The van der Waals surface area contributed by atoms with Gasteiger partial charge in [0.2, 0.25) is 27.8 Å². The van der Waals surface area contributed by atoms with Gasteiger partial charge in [-0.3, -0.25) is 19.2 Å². The zero-order valence-corrected chi connectivity index (χ0v) is 21.7. The first-order chi connectivity index (χ1) is 17.0. The molecule has 2 aliphatic carbocycles. The van der Waals surface area contributed by atoms with Gasteiger partial charge in [0.1, 0.15) is 0 Å². The van der Waals surface area contributed by atoms with E-state index in [4.69, 9.17) is 11.6 Å². The van der Waals surface area contributed by atoms with Gasteiger partial charge in [0.15, 0.2) is 0 Å². The van der Waals surface area contributed by atoms with Crippen molar-refractivity contribution < 1.29 is 26.8 Å². The highest BCUT2D eigenvalue weighted by Gasteiger charge is 2.37. The number of nitrogens with zero attached hydrogens (tertiary/aromatic N) is 2. The Morgan fingerprint density at radius 2 is 1.72 bits per heavy atom. The minimum Gasteiger partial charge on any atom is -0.347 e. The van der Waals surface area contributed by atoms with Gasteiger partial charge in [0, 0.05) is 57.0 Å². The van der Waals surface area contributed by atoms with Gasteiger partial charge >= 0.3 is 0 Å². The first-order valence-electron chi connectivity index (χ1n) is 12.5. The van der Waals surface area contributed by atoms with Crippen molar-refractivity contribution >= 4 is 39.1 Å². The van der Waals surface area contributed by atoms with Crippen molar-refractivity contribution in [3.8, 4) is 0 Å². The number of carbonyl (C=O) groups excluding carboxylic acids is 2. The molecular weight excluding hydrogens is 514 g/mol. The van der Waals surface area contributed by atoms with Crippen LogP contribution in [0.3, 0.4) is 0 Å². The second kappa shape index (κ2) is 11.2. The first kappa shape index (κ1) is 27.1. The van der Waals surface area contributed by atoms with Crippen LogP contribution in [0.5, 0.6) is 0 Å². The van der Waals surface area contributed by atoms with E-state index in [0.717, 1.165) is 5.56 Å². The summed E-state index contributed by atoms with van der Waals surface area (Å²) >= 11 is 6.16. The lowest BCUT2D eigenvalue weighted by Gasteiger charge is -2.35. The third kappa shape index (κ3) is 7.52. The SMILES string of the molecule is O=C(CC1CCC(F)(F)CC1)NCC(=O)N1CCN(Cc2cc(Cl)ccc2NS(=O)(=O)C2CC2)CC1. The first-order valence-corrected chi connectivity index (χ1v) is 14.4. The minimum atomic E-state index is -3.40. The Bertz CT molecular complexity index is 1070. The molecule has 0 aromatic heterocycles. The number of alkyl halides is 2. The molecule has 1 saturated heterocycles. The number of anilines is 1. The summed E-state index contributed by atoms with van der Waals surface area (Å²) in [7, 11) is -3.40. The number of nitrogens with one attached hydrogen (secondary N) is 2. The minimum absolute atomic E-state index is 0.0617. The molecule has 2 amide bonds. The standard InChI is InChI=1S/C24H33ClF2N4O4S/c25-19-1-4-21(29-36(34,35)20-2-3-20)18(14-19)16-30-9-11-31(12-10-30)23(33)15-28-22(32)13-17-5-7-24(26,27)8-6-17/h1,4,14,17,20,29H,2-3,5-13,15-16H2,(H,28,32). The number of benzene rings is 1. The number of carbonyl (C=O) groups is 2. The molecule has 1 aliphatic heterocycles. The van der Waals surface area contributed by atoms with E-state index in [1.165, 1.54) is 0 Å². The largest absolute Gasteiger partial charge is 0.347 e. The van der Waals surface area contributed by atoms with Gasteiger partial charge in [-0.1, -0.05) is 11.6 Å². The fraction of sp³-hybridized carbons (Fsp3) is 0.667. The summed E-state index contributed by atoms with van der Waals surface area (Å²) in [5.74, 6) is -3.14. The predicted molar refractivity (Wildman–Crippen MR) is 133 cm³/mol. The Labute approximate surface area is 215 Å². The van der Waals surface area contributed by atoms with Gasteiger partial charge in [-0.05, 0) is 55.4 Å². The average molecular weight is 547 g/mol. The molecule has 1 heterocycles. The van der Waals surface area contributed by atoms with E-state index in [1.807, 2.05) is 0 Å². The fourth-order valence-corrected chi connectivity index (χ4v) is 6.35. The quantitative estimate of drug-likeness (QED) is 0.495. The van der Waals surface area contributed by atoms with E-state index < -0.39 is 15.9 Å². The summed E-state index contributed by atoms with van der Waals surface area (Å²) < 4.78 is 54.0. The van der Waals surface area contributed by atoms with E-state index in [-0.39, 0.29) is 48.8 Å². The normalized spacial score (nSPS) is 21.2. The molecule has 3 aliphatic rings. The molecule has 1 aromatic rings. The van der Waals surface area contributed by atoms with E-state index in [9.17, 15) is 26.8 Å². The molecule has 4 rings (SSSR count). The highest BCUT2D eigenvalue weighted by atomic mass is 35.5. The molecular formula is C24H33ClF2N4O4S. The zero-order valence-electron chi connectivity index (χ0n) is 20.1. The number of rotatable bonds is 9. The molecule has 36 heavy (non-hydrogen) atoms. The van der Waals surface area contributed by atoms with E-state index in [1.54, 1.807) is 23.1 Å². The van der Waals surface area contributed by atoms with Crippen molar-refractivity contribution in [1.29, 1.82) is 0 Å². The van der Waals surface area contributed by atoms with Crippen LogP contribution in [0.2, 0.25) is 5.02 Å². The van der Waals surface area contributed by atoms with Gasteiger partial charge in [-0.2, -0.15) is 0 Å². The summed E-state index contributed by atoms with van der Waals surface area (Å²) in [6, 6.07) is 5.09. The van der Waals surface area contributed by atoms with Crippen molar-refractivity contribution in [2.24, 2.45) is 5.92 Å². The monoisotopic (exact) mass is 546 g/mol. The molecule has 0 radical (unpaired) electrons. The van der Waals surface area contributed by atoms with Gasteiger partial charge in [-0.15, -0.1) is 0 Å². The maximum absolute atomic E-state index is 13.3. The second-order valence-electron chi connectivity index (χ2n) is 10.1. The van der Waals surface area contributed by atoms with Crippen LogP contribution in [0.25, 0.3) is 0 Å². The Morgan fingerprint density at radius 1 is 1.06 bits per heavy atom. The molecule has 12 heteroatoms. The molecule has 8 nitrogen and oxygen atoms in total. The van der Waals surface area contributed by atoms with Crippen LogP contribution in [-0.2, 0) is 26.2 Å². The lowest BCUT2D eigenvalue weighted by atomic mass is 9.84. The molecule has 0 unspecified atom stereocenters. The number of amides is 2. The lowest BCUT2D eigenvalue weighted by molar-refractivity contribution is -0.134. The Morgan fingerprint density at radius 3 is 2.36 bits per heavy atom. The fourth-order valence-electron chi connectivity index (χ4n) is 4.73. The Kier molecular flexibility index (Phi) is 8.41. The Balaban J connectivity index is 1.21. The van der Waals surface area contributed by atoms with E-state index in [2.05, 4.69) is 14.9 Å². The maximum atomic E-state index is 13.3. The van der Waals surface area contributed by atoms with Crippen molar-refractivity contribution in [3.63, 3.8) is 0 Å². The van der Waals surface area contributed by atoms with Crippen LogP contribution in [0.15, 0.2) is 18.2 Å². The zero-order chi connectivity index (χ0) is 25.9. The number of hydrogen-bond donors (Lipinski definition) is 2. The topological polar surface area (TPSA) is 98.8 Å². The van der Waals surface area contributed by atoms with Gasteiger partial charge < -0.3 is 10.2 Å². The summed E-state index contributed by atoms with van der Waals surface area (Å²) in [6.07, 6.45) is 1.81. The summed E-state index contributed by atoms with van der Waals surface area (Å²) in [4.78, 5) is 28.6. The van der Waals surface area contributed by atoms with Gasteiger partial charge in [-0.25, -0.2) is 17.2 Å². The number of sulfonamides is 1. The third-order valence-corrected chi connectivity index (χ3v) is 9.24. The van der Waals surface area contributed by atoms with Crippen LogP contribution in [0.1, 0.15) is 50.5 Å². The molecule has 0 bridgehead atoms. The van der Waals surface area contributed by atoms with Crippen molar-refractivity contribution in [3.05, 3.63) is 28.8 Å². The highest BCUT2D eigenvalue weighted by Crippen LogP contribution is 2.37. The summed E-state index contributed by atoms with van der Waals surface area (Å²) in [5.41, 5.74) is 1.30. The predicted octanol–water partition coefficient (Wildman–Crippen LogP) is 3.22. The van der Waals surface area contributed by atoms with Gasteiger partial charge in [0.05, 0.1) is 17.5 Å². The molecule has 1 aromatic carbocycles. The molecule has 0 spiro atoms. The molecule has 3 fully saturated rings. The van der Waals surface area contributed by atoms with Crippen LogP contribution < -0.4 is 10.0 Å². The molecule has 2 N–H and O–H groups in total. The maximum Gasteiger partial charge on any atom is 0.248 e. The third-order valence-electron chi connectivity index (χ3n) is 7.15. The van der Waals surface area contributed by atoms with Crippen LogP contribution in [-0.4, -0.2) is 73.9 Å². The van der Waals surface area contributed by atoms with Crippen LogP contribution in [0.4, 0.5) is 14.5 Å². The molecule has 0 atom stereocenters. The van der Waals surface area contributed by atoms with Gasteiger partial charge in [0.25, 0.3) is 0 Å².